The standard InChI is InChI=1S/C32H33N3/c1-4-33(21-23-16-18-31-28(19-23)26-12-8-10-14-30(26)34(31)5-2)22-24-15-17-27-25-11-7-9-13-29(25)35(6-3)32(27)20-24/h7-20H,4-6,21-22H2,1-3H3. The zero-order valence-corrected chi connectivity index (χ0v) is 21.0. The molecular formula is C32H33N3. The zero-order chi connectivity index (χ0) is 23.9. The van der Waals surface area contributed by atoms with E-state index in [0.717, 1.165) is 32.7 Å². The Hall–Kier alpha value is -3.56. The highest BCUT2D eigenvalue weighted by Gasteiger charge is 2.13. The number of hydrogen-bond donors (Lipinski definition) is 0. The van der Waals surface area contributed by atoms with Crippen LogP contribution in [0.25, 0.3) is 43.6 Å². The van der Waals surface area contributed by atoms with Crippen molar-refractivity contribution in [2.24, 2.45) is 0 Å². The maximum atomic E-state index is 2.54. The molecule has 2 heterocycles. The summed E-state index contributed by atoms with van der Waals surface area (Å²) in [5.41, 5.74) is 8.08. The van der Waals surface area contributed by atoms with Crippen molar-refractivity contribution in [1.82, 2.24) is 14.0 Å². The average molecular weight is 460 g/mol. The van der Waals surface area contributed by atoms with E-state index in [1.807, 2.05) is 0 Å². The van der Waals surface area contributed by atoms with Crippen molar-refractivity contribution in [1.29, 1.82) is 0 Å². The van der Waals surface area contributed by atoms with E-state index in [4.69, 9.17) is 0 Å². The highest BCUT2D eigenvalue weighted by molar-refractivity contribution is 6.09. The topological polar surface area (TPSA) is 13.1 Å². The van der Waals surface area contributed by atoms with Crippen LogP contribution in [0.4, 0.5) is 0 Å². The van der Waals surface area contributed by atoms with Crippen molar-refractivity contribution in [3.63, 3.8) is 0 Å². The van der Waals surface area contributed by atoms with Crippen molar-refractivity contribution in [2.75, 3.05) is 6.54 Å². The average Bonchev–Trinajstić information content (AvgIpc) is 3.39. The molecule has 0 fully saturated rings. The summed E-state index contributed by atoms with van der Waals surface area (Å²) in [6.07, 6.45) is 0. The molecule has 3 heteroatoms. The van der Waals surface area contributed by atoms with Crippen LogP contribution < -0.4 is 0 Å². The number of aromatic nitrogens is 2. The summed E-state index contributed by atoms with van der Waals surface area (Å²) in [5.74, 6) is 0. The van der Waals surface area contributed by atoms with E-state index in [2.05, 4.69) is 120 Å². The highest BCUT2D eigenvalue weighted by Crippen LogP contribution is 2.31. The van der Waals surface area contributed by atoms with Crippen LogP contribution in [0.3, 0.4) is 0 Å². The van der Waals surface area contributed by atoms with Crippen LogP contribution in [-0.2, 0) is 26.2 Å². The summed E-state index contributed by atoms with van der Waals surface area (Å²) >= 11 is 0. The van der Waals surface area contributed by atoms with Crippen molar-refractivity contribution >= 4 is 43.6 Å². The van der Waals surface area contributed by atoms with Crippen LogP contribution in [0, 0.1) is 0 Å². The molecule has 0 saturated heterocycles. The van der Waals surface area contributed by atoms with Crippen LogP contribution in [0.2, 0.25) is 0 Å². The van der Waals surface area contributed by atoms with Crippen LogP contribution in [0.5, 0.6) is 0 Å². The van der Waals surface area contributed by atoms with Gasteiger partial charge in [-0.2, -0.15) is 0 Å². The van der Waals surface area contributed by atoms with Gasteiger partial charge in [0.05, 0.1) is 0 Å². The van der Waals surface area contributed by atoms with Crippen molar-refractivity contribution in [3.8, 4) is 0 Å². The van der Waals surface area contributed by atoms with Gasteiger partial charge < -0.3 is 9.13 Å². The predicted molar refractivity (Wildman–Crippen MR) is 150 cm³/mol. The fraction of sp³-hybridized carbons (Fsp3) is 0.250. The SMILES string of the molecule is CCN(Cc1ccc2c(c1)c1ccccc1n2CC)Cc1ccc2c3ccccc3n(CC)c2c1. The fourth-order valence-corrected chi connectivity index (χ4v) is 5.87. The number of fused-ring (bicyclic) bond motifs is 6. The Labute approximate surface area is 207 Å². The number of nitrogens with zero attached hydrogens (tertiary/aromatic N) is 3. The molecule has 0 spiro atoms. The Bertz CT molecular complexity index is 1670. The molecule has 0 aliphatic rings. The van der Waals surface area contributed by atoms with Crippen LogP contribution in [-0.4, -0.2) is 20.6 Å². The van der Waals surface area contributed by atoms with Gasteiger partial charge in [0.2, 0.25) is 0 Å². The van der Waals surface area contributed by atoms with Gasteiger partial charge in [-0.05, 0) is 61.9 Å². The number of aryl methyl sites for hydroxylation is 2. The van der Waals surface area contributed by atoms with E-state index < -0.39 is 0 Å². The van der Waals surface area contributed by atoms with E-state index in [1.165, 1.54) is 54.7 Å². The summed E-state index contributed by atoms with van der Waals surface area (Å²) in [7, 11) is 0. The molecule has 35 heavy (non-hydrogen) atoms. The molecule has 4 aromatic carbocycles. The Morgan fingerprint density at radius 1 is 0.514 bits per heavy atom. The molecule has 0 radical (unpaired) electrons. The van der Waals surface area contributed by atoms with Crippen molar-refractivity contribution in [3.05, 3.63) is 96.1 Å². The predicted octanol–water partition coefficient (Wildman–Crippen LogP) is 7.96. The Balaban J connectivity index is 1.32. The minimum absolute atomic E-state index is 0.951. The summed E-state index contributed by atoms with van der Waals surface area (Å²) < 4.78 is 4.87. The molecule has 6 rings (SSSR count). The molecule has 0 saturated carbocycles. The van der Waals surface area contributed by atoms with Gasteiger partial charge >= 0.3 is 0 Å². The molecule has 0 aliphatic carbocycles. The van der Waals surface area contributed by atoms with E-state index in [-0.39, 0.29) is 0 Å². The van der Waals surface area contributed by atoms with E-state index in [9.17, 15) is 0 Å². The van der Waals surface area contributed by atoms with Gasteiger partial charge in [0.25, 0.3) is 0 Å². The lowest BCUT2D eigenvalue weighted by atomic mass is 10.1. The van der Waals surface area contributed by atoms with Gasteiger partial charge in [-0.3, -0.25) is 4.90 Å². The van der Waals surface area contributed by atoms with E-state index in [1.54, 1.807) is 0 Å². The Morgan fingerprint density at radius 2 is 1.03 bits per heavy atom. The maximum absolute atomic E-state index is 2.54. The molecule has 3 nitrogen and oxygen atoms in total. The number of para-hydroxylation sites is 2. The molecule has 0 amide bonds. The summed E-state index contributed by atoms with van der Waals surface area (Å²) in [5, 5.41) is 5.42. The molecule has 2 aromatic heterocycles. The van der Waals surface area contributed by atoms with Crippen LogP contribution in [0.15, 0.2) is 84.9 Å². The minimum atomic E-state index is 0.951. The van der Waals surface area contributed by atoms with E-state index in [0.29, 0.717) is 0 Å². The first-order valence-corrected chi connectivity index (χ1v) is 12.9. The third-order valence-corrected chi connectivity index (χ3v) is 7.57. The van der Waals surface area contributed by atoms with E-state index >= 15 is 0 Å². The summed E-state index contributed by atoms with van der Waals surface area (Å²) in [4.78, 5) is 2.54. The lowest BCUT2D eigenvalue weighted by Gasteiger charge is -2.21. The first kappa shape index (κ1) is 21.9. The Morgan fingerprint density at radius 3 is 1.69 bits per heavy atom. The molecule has 0 bridgehead atoms. The quantitative estimate of drug-likeness (QED) is 0.236. The first-order chi connectivity index (χ1) is 17.2. The molecule has 0 N–H and O–H groups in total. The molecular weight excluding hydrogens is 426 g/mol. The normalized spacial score (nSPS) is 12.1. The first-order valence-electron chi connectivity index (χ1n) is 12.9. The van der Waals surface area contributed by atoms with Crippen molar-refractivity contribution in [2.45, 2.75) is 47.0 Å². The number of hydrogen-bond acceptors (Lipinski definition) is 1. The zero-order valence-electron chi connectivity index (χ0n) is 21.0. The largest absolute Gasteiger partial charge is 0.341 e. The van der Waals surface area contributed by atoms with Gasteiger partial charge in [-0.1, -0.05) is 61.5 Å². The highest BCUT2D eigenvalue weighted by atomic mass is 15.1. The second-order valence-corrected chi connectivity index (χ2v) is 9.53. The Kier molecular flexibility index (Phi) is 5.58. The van der Waals surface area contributed by atoms with Gasteiger partial charge in [0.15, 0.2) is 0 Å². The molecule has 176 valence electrons. The molecule has 0 aliphatic heterocycles. The fourth-order valence-electron chi connectivity index (χ4n) is 5.87. The second kappa shape index (κ2) is 8.90. The smallest absolute Gasteiger partial charge is 0.0494 e. The lowest BCUT2D eigenvalue weighted by Crippen LogP contribution is -2.22. The van der Waals surface area contributed by atoms with Gasteiger partial charge in [0.1, 0.15) is 0 Å². The lowest BCUT2D eigenvalue weighted by molar-refractivity contribution is 0.271. The monoisotopic (exact) mass is 459 g/mol. The van der Waals surface area contributed by atoms with Crippen molar-refractivity contribution < 1.29 is 0 Å². The summed E-state index contributed by atoms with van der Waals surface area (Å²) in [6.45, 7) is 11.6. The van der Waals surface area contributed by atoms with Gasteiger partial charge in [-0.25, -0.2) is 0 Å². The van der Waals surface area contributed by atoms with Crippen LogP contribution in [0.1, 0.15) is 31.9 Å². The second-order valence-electron chi connectivity index (χ2n) is 9.53. The minimum Gasteiger partial charge on any atom is -0.341 e. The molecule has 0 atom stereocenters. The summed E-state index contributed by atoms with van der Waals surface area (Å²) in [6, 6.07) is 31.6. The molecule has 6 aromatic rings. The van der Waals surface area contributed by atoms with Gasteiger partial charge in [-0.15, -0.1) is 0 Å². The van der Waals surface area contributed by atoms with Gasteiger partial charge in [0, 0.05) is 69.8 Å². The molecule has 0 unspecified atom stereocenters. The third-order valence-electron chi connectivity index (χ3n) is 7.57. The third kappa shape index (κ3) is 3.62. The maximum Gasteiger partial charge on any atom is 0.0494 e. The van der Waals surface area contributed by atoms with Crippen LogP contribution >= 0.6 is 0 Å². The number of rotatable bonds is 7. The number of benzene rings is 4.